The van der Waals surface area contributed by atoms with Crippen LogP contribution in [0.5, 0.6) is 5.75 Å². The highest BCUT2D eigenvalue weighted by Gasteiger charge is 2.25. The summed E-state index contributed by atoms with van der Waals surface area (Å²) < 4.78 is 37.1. The number of morpholine rings is 1. The number of methoxy groups -OCH3 is 1. The van der Waals surface area contributed by atoms with Crippen molar-refractivity contribution < 1.29 is 22.7 Å². The Morgan fingerprint density at radius 3 is 2.52 bits per heavy atom. The smallest absolute Gasteiger partial charge is 0.244 e. The molecule has 3 rings (SSSR count). The van der Waals surface area contributed by atoms with E-state index in [2.05, 4.69) is 5.32 Å². The van der Waals surface area contributed by atoms with E-state index in [9.17, 15) is 13.2 Å². The lowest BCUT2D eigenvalue weighted by Gasteiger charge is -2.26. The lowest BCUT2D eigenvalue weighted by Crippen LogP contribution is -2.40. The molecule has 0 bridgehead atoms. The number of rotatable bonds is 7. The van der Waals surface area contributed by atoms with Crippen LogP contribution in [-0.2, 0) is 26.1 Å². The van der Waals surface area contributed by atoms with Crippen LogP contribution in [0.1, 0.15) is 11.1 Å². The first-order valence-electron chi connectivity index (χ1n) is 9.26. The predicted molar refractivity (Wildman–Crippen MR) is 110 cm³/mol. The topological polar surface area (TPSA) is 84.9 Å². The van der Waals surface area contributed by atoms with Crippen molar-refractivity contribution in [2.75, 3.05) is 33.4 Å². The van der Waals surface area contributed by atoms with Crippen molar-refractivity contribution in [3.63, 3.8) is 0 Å². The molecule has 1 fully saturated rings. The second-order valence-electron chi connectivity index (χ2n) is 6.45. The summed E-state index contributed by atoms with van der Waals surface area (Å²) in [5, 5.41) is 2.80. The number of hydrogen-bond acceptors (Lipinski definition) is 5. The van der Waals surface area contributed by atoms with Crippen molar-refractivity contribution in [1.82, 2.24) is 9.62 Å². The molecule has 1 heterocycles. The minimum Gasteiger partial charge on any atom is -0.496 e. The zero-order valence-corrected chi connectivity index (χ0v) is 17.0. The van der Waals surface area contributed by atoms with Gasteiger partial charge in [-0.05, 0) is 29.8 Å². The Hall–Kier alpha value is -2.68. The molecule has 1 saturated heterocycles. The maximum Gasteiger partial charge on any atom is 0.244 e. The first kappa shape index (κ1) is 21.0. The normalized spacial score (nSPS) is 15.3. The number of carbonyl (C=O) groups is 1. The van der Waals surface area contributed by atoms with Gasteiger partial charge in [0.25, 0.3) is 0 Å². The molecule has 1 aliphatic heterocycles. The van der Waals surface area contributed by atoms with E-state index in [0.29, 0.717) is 38.6 Å². The Morgan fingerprint density at radius 2 is 1.83 bits per heavy atom. The molecule has 1 amide bonds. The van der Waals surface area contributed by atoms with Crippen LogP contribution < -0.4 is 10.1 Å². The van der Waals surface area contributed by atoms with Crippen molar-refractivity contribution in [2.45, 2.75) is 11.4 Å². The highest BCUT2D eigenvalue weighted by molar-refractivity contribution is 7.89. The van der Waals surface area contributed by atoms with Crippen LogP contribution in [0.15, 0.2) is 59.5 Å². The maximum absolute atomic E-state index is 12.6. The van der Waals surface area contributed by atoms with E-state index >= 15 is 0 Å². The summed E-state index contributed by atoms with van der Waals surface area (Å²) in [7, 11) is -1.93. The number of hydrogen-bond donors (Lipinski definition) is 1. The number of ether oxygens (including phenoxy) is 2. The van der Waals surface area contributed by atoms with E-state index in [4.69, 9.17) is 9.47 Å². The average Bonchev–Trinajstić information content (AvgIpc) is 2.77. The first-order valence-corrected chi connectivity index (χ1v) is 10.7. The largest absolute Gasteiger partial charge is 0.496 e. The zero-order chi connectivity index (χ0) is 20.7. The van der Waals surface area contributed by atoms with Gasteiger partial charge in [-0.2, -0.15) is 4.31 Å². The van der Waals surface area contributed by atoms with Gasteiger partial charge in [-0.1, -0.05) is 30.3 Å². The summed E-state index contributed by atoms with van der Waals surface area (Å²) in [4.78, 5) is 12.3. The van der Waals surface area contributed by atoms with Gasteiger partial charge in [0.15, 0.2) is 0 Å². The third kappa shape index (κ3) is 5.44. The molecule has 0 aromatic heterocycles. The summed E-state index contributed by atoms with van der Waals surface area (Å²) in [6.45, 7) is 1.88. The van der Waals surface area contributed by atoms with Gasteiger partial charge in [-0.25, -0.2) is 8.42 Å². The van der Waals surface area contributed by atoms with E-state index in [1.807, 2.05) is 24.3 Å². The van der Waals surface area contributed by atoms with E-state index < -0.39 is 10.0 Å². The van der Waals surface area contributed by atoms with Gasteiger partial charge < -0.3 is 14.8 Å². The van der Waals surface area contributed by atoms with Crippen LogP contribution in [0.25, 0.3) is 6.08 Å². The van der Waals surface area contributed by atoms with Gasteiger partial charge in [0.1, 0.15) is 5.75 Å². The molecule has 0 saturated carbocycles. The maximum atomic E-state index is 12.6. The molecule has 0 unspecified atom stereocenters. The molecule has 0 aliphatic carbocycles. The predicted octanol–water partition coefficient (Wildman–Crippen LogP) is 2.05. The number of amides is 1. The zero-order valence-electron chi connectivity index (χ0n) is 16.2. The molecule has 8 heteroatoms. The highest BCUT2D eigenvalue weighted by Crippen LogP contribution is 2.18. The van der Waals surface area contributed by atoms with E-state index in [1.54, 1.807) is 37.5 Å². The molecule has 1 N–H and O–H groups in total. The average molecular weight is 416 g/mol. The number of benzene rings is 2. The lowest BCUT2D eigenvalue weighted by atomic mass is 10.2. The molecular weight excluding hydrogens is 392 g/mol. The van der Waals surface area contributed by atoms with Gasteiger partial charge in [0.05, 0.1) is 25.2 Å². The Labute approximate surface area is 171 Å². The fraction of sp³-hybridized carbons (Fsp3) is 0.286. The number of sulfonamides is 1. The minimum absolute atomic E-state index is 0.233. The van der Waals surface area contributed by atoms with Crippen molar-refractivity contribution in [3.8, 4) is 5.75 Å². The molecule has 0 atom stereocenters. The minimum atomic E-state index is -3.52. The summed E-state index contributed by atoms with van der Waals surface area (Å²) in [5.41, 5.74) is 1.62. The molecule has 2 aromatic rings. The van der Waals surface area contributed by atoms with Gasteiger partial charge in [-0.15, -0.1) is 0 Å². The summed E-state index contributed by atoms with van der Waals surface area (Å²) in [6, 6.07) is 13.9. The molecule has 2 aromatic carbocycles. The van der Waals surface area contributed by atoms with Gasteiger partial charge >= 0.3 is 0 Å². The molecular formula is C21H24N2O5S. The van der Waals surface area contributed by atoms with Crippen molar-refractivity contribution >= 4 is 22.0 Å². The van der Waals surface area contributed by atoms with E-state index in [-0.39, 0.29) is 10.8 Å². The van der Waals surface area contributed by atoms with Crippen molar-refractivity contribution in [1.29, 1.82) is 0 Å². The quantitative estimate of drug-likeness (QED) is 0.699. The Morgan fingerprint density at radius 1 is 1.14 bits per heavy atom. The SMILES string of the molecule is COc1ccccc1CNC(=O)/C=C/c1ccc(S(=O)(=O)N2CCOCC2)cc1. The van der Waals surface area contributed by atoms with Crippen LogP contribution in [0.2, 0.25) is 0 Å². The molecule has 1 aliphatic rings. The number of nitrogens with zero attached hydrogens (tertiary/aromatic N) is 1. The second kappa shape index (κ2) is 9.69. The van der Waals surface area contributed by atoms with E-state index in [1.165, 1.54) is 10.4 Å². The first-order chi connectivity index (χ1) is 14.0. The lowest BCUT2D eigenvalue weighted by molar-refractivity contribution is -0.116. The Kier molecular flexibility index (Phi) is 7.03. The number of para-hydroxylation sites is 1. The standard InChI is InChI=1S/C21H24N2O5S/c1-27-20-5-3-2-4-18(20)16-22-21(24)11-8-17-6-9-19(10-7-17)29(25,26)23-12-14-28-15-13-23/h2-11H,12-16H2,1H3,(H,22,24)/b11-8+. The summed E-state index contributed by atoms with van der Waals surface area (Å²) in [6.07, 6.45) is 3.06. The van der Waals surface area contributed by atoms with Crippen molar-refractivity contribution in [2.24, 2.45) is 0 Å². The highest BCUT2D eigenvalue weighted by atomic mass is 32.2. The third-order valence-corrected chi connectivity index (χ3v) is 6.47. The van der Waals surface area contributed by atoms with Crippen LogP contribution in [-0.4, -0.2) is 52.0 Å². The van der Waals surface area contributed by atoms with Crippen LogP contribution in [0.4, 0.5) is 0 Å². The second-order valence-corrected chi connectivity index (χ2v) is 8.39. The summed E-state index contributed by atoms with van der Waals surface area (Å²) >= 11 is 0. The molecule has 7 nitrogen and oxygen atoms in total. The summed E-state index contributed by atoms with van der Waals surface area (Å²) in [5.74, 6) is 0.467. The molecule has 0 spiro atoms. The van der Waals surface area contributed by atoms with Crippen LogP contribution in [0, 0.1) is 0 Å². The fourth-order valence-electron chi connectivity index (χ4n) is 2.95. The molecule has 29 heavy (non-hydrogen) atoms. The Balaban J connectivity index is 1.58. The van der Waals surface area contributed by atoms with Gasteiger partial charge in [0.2, 0.25) is 15.9 Å². The van der Waals surface area contributed by atoms with Gasteiger partial charge in [-0.3, -0.25) is 4.79 Å². The molecule has 154 valence electrons. The van der Waals surface area contributed by atoms with E-state index in [0.717, 1.165) is 11.1 Å². The fourth-order valence-corrected chi connectivity index (χ4v) is 4.36. The number of carbonyl (C=O) groups excluding carboxylic acids is 1. The third-order valence-electron chi connectivity index (χ3n) is 4.56. The van der Waals surface area contributed by atoms with Crippen LogP contribution >= 0.6 is 0 Å². The van der Waals surface area contributed by atoms with Crippen molar-refractivity contribution in [3.05, 3.63) is 65.7 Å². The number of nitrogens with one attached hydrogen (secondary N) is 1. The molecule has 0 radical (unpaired) electrons. The monoisotopic (exact) mass is 416 g/mol. The van der Waals surface area contributed by atoms with Gasteiger partial charge in [0, 0.05) is 31.3 Å². The Bertz CT molecular complexity index is 965. The van der Waals surface area contributed by atoms with Crippen LogP contribution in [0.3, 0.4) is 0 Å².